The average molecular weight is 354 g/mol. The predicted octanol–water partition coefficient (Wildman–Crippen LogP) is 2.93. The van der Waals surface area contributed by atoms with Gasteiger partial charge in [0.15, 0.2) is 5.65 Å². The molecule has 100 valence electrons. The summed E-state index contributed by atoms with van der Waals surface area (Å²) in [6, 6.07) is 2.89. The van der Waals surface area contributed by atoms with Gasteiger partial charge in [0, 0.05) is 16.9 Å². The number of nitrogens with zero attached hydrogens (tertiary/aromatic N) is 4. The van der Waals surface area contributed by atoms with Gasteiger partial charge in [0.1, 0.15) is 17.3 Å². The van der Waals surface area contributed by atoms with Crippen LogP contribution in [0.25, 0.3) is 16.9 Å². The zero-order chi connectivity index (χ0) is 14.3. The first-order valence-electron chi connectivity index (χ1n) is 5.44. The summed E-state index contributed by atoms with van der Waals surface area (Å²) in [6.45, 7) is 0. The van der Waals surface area contributed by atoms with Crippen molar-refractivity contribution in [1.29, 1.82) is 0 Å². The van der Waals surface area contributed by atoms with E-state index < -0.39 is 5.97 Å². The summed E-state index contributed by atoms with van der Waals surface area (Å²) in [7, 11) is 0. The van der Waals surface area contributed by atoms with E-state index in [9.17, 15) is 4.79 Å². The van der Waals surface area contributed by atoms with Gasteiger partial charge in [-0.15, -0.1) is 0 Å². The molecule has 8 heteroatoms. The SMILES string of the molecule is O=C(O)c1ccnc(-n2cc(Br)c3c(Cl)ncnc32)c1. The minimum atomic E-state index is -1.02. The molecular formula is C12H6BrClN4O2. The molecule has 0 aliphatic rings. The van der Waals surface area contributed by atoms with E-state index in [-0.39, 0.29) is 5.56 Å². The highest BCUT2D eigenvalue weighted by Gasteiger charge is 2.14. The predicted molar refractivity (Wildman–Crippen MR) is 76.3 cm³/mol. The van der Waals surface area contributed by atoms with Crippen molar-refractivity contribution in [3.8, 4) is 5.82 Å². The van der Waals surface area contributed by atoms with E-state index in [1.165, 1.54) is 24.7 Å². The van der Waals surface area contributed by atoms with Gasteiger partial charge in [0.05, 0.1) is 10.9 Å². The number of carbonyl (C=O) groups is 1. The summed E-state index contributed by atoms with van der Waals surface area (Å²) >= 11 is 9.42. The fraction of sp³-hybridized carbons (Fsp3) is 0. The molecule has 3 aromatic heterocycles. The van der Waals surface area contributed by atoms with Crippen LogP contribution < -0.4 is 0 Å². The molecule has 0 bridgehead atoms. The first-order valence-corrected chi connectivity index (χ1v) is 6.62. The number of rotatable bonds is 2. The molecule has 3 rings (SSSR count). The highest BCUT2D eigenvalue weighted by atomic mass is 79.9. The van der Waals surface area contributed by atoms with Gasteiger partial charge >= 0.3 is 5.97 Å². The summed E-state index contributed by atoms with van der Waals surface area (Å²) < 4.78 is 2.36. The molecule has 0 aliphatic heterocycles. The first kappa shape index (κ1) is 13.0. The Hall–Kier alpha value is -1.99. The van der Waals surface area contributed by atoms with Gasteiger partial charge in [0.2, 0.25) is 0 Å². The number of carboxylic acid groups (broad SMARTS) is 1. The normalized spacial score (nSPS) is 10.9. The molecule has 1 N–H and O–H groups in total. The Morgan fingerprint density at radius 3 is 2.90 bits per heavy atom. The maximum Gasteiger partial charge on any atom is 0.335 e. The number of fused-ring (bicyclic) bond motifs is 1. The zero-order valence-electron chi connectivity index (χ0n) is 9.79. The summed E-state index contributed by atoms with van der Waals surface area (Å²) in [4.78, 5) is 23.3. The molecule has 6 nitrogen and oxygen atoms in total. The summed E-state index contributed by atoms with van der Waals surface area (Å²) in [5.74, 6) is -0.577. The molecule has 0 aromatic carbocycles. The molecule has 0 spiro atoms. The second kappa shape index (κ2) is 4.84. The quantitative estimate of drug-likeness (QED) is 0.716. The van der Waals surface area contributed by atoms with Crippen molar-refractivity contribution in [2.45, 2.75) is 0 Å². The third kappa shape index (κ3) is 2.04. The van der Waals surface area contributed by atoms with Crippen molar-refractivity contribution in [2.24, 2.45) is 0 Å². The lowest BCUT2D eigenvalue weighted by molar-refractivity contribution is 0.0696. The van der Waals surface area contributed by atoms with Gasteiger partial charge in [0.25, 0.3) is 0 Å². The fourth-order valence-corrected chi connectivity index (χ4v) is 2.75. The van der Waals surface area contributed by atoms with Crippen LogP contribution in [-0.4, -0.2) is 30.6 Å². The highest BCUT2D eigenvalue weighted by molar-refractivity contribution is 9.10. The standard InChI is InChI=1S/C12H6BrClN4O2/c13-7-4-18(11-9(7)10(14)16-5-17-11)8-3-6(12(19)20)1-2-15-8/h1-5H,(H,19,20). The van der Waals surface area contributed by atoms with Gasteiger partial charge in [-0.1, -0.05) is 11.6 Å². The maximum atomic E-state index is 11.0. The van der Waals surface area contributed by atoms with Crippen LogP contribution in [-0.2, 0) is 0 Å². The van der Waals surface area contributed by atoms with Crippen LogP contribution in [0.2, 0.25) is 5.15 Å². The second-order valence-corrected chi connectivity index (χ2v) is 5.13. The fourth-order valence-electron chi connectivity index (χ4n) is 1.84. The first-order chi connectivity index (χ1) is 9.58. The van der Waals surface area contributed by atoms with Crippen LogP contribution in [0.5, 0.6) is 0 Å². The van der Waals surface area contributed by atoms with Crippen molar-refractivity contribution >= 4 is 44.5 Å². The Bertz CT molecular complexity index is 833. The number of hydrogen-bond acceptors (Lipinski definition) is 4. The minimum Gasteiger partial charge on any atom is -0.478 e. The number of carboxylic acids is 1. The van der Waals surface area contributed by atoms with E-state index in [2.05, 4.69) is 30.9 Å². The van der Waals surface area contributed by atoms with Gasteiger partial charge < -0.3 is 5.11 Å². The second-order valence-electron chi connectivity index (χ2n) is 3.92. The van der Waals surface area contributed by atoms with Crippen molar-refractivity contribution in [3.63, 3.8) is 0 Å². The number of aromatic carboxylic acids is 1. The van der Waals surface area contributed by atoms with Crippen LogP contribution >= 0.6 is 27.5 Å². The van der Waals surface area contributed by atoms with Gasteiger partial charge in [-0.2, -0.15) is 0 Å². The molecule has 0 aliphatic carbocycles. The molecule has 0 unspecified atom stereocenters. The number of aromatic nitrogens is 4. The largest absolute Gasteiger partial charge is 0.478 e. The molecule has 0 fully saturated rings. The number of pyridine rings is 1. The third-order valence-corrected chi connectivity index (χ3v) is 3.62. The number of halogens is 2. The van der Waals surface area contributed by atoms with Crippen LogP contribution in [0.3, 0.4) is 0 Å². The van der Waals surface area contributed by atoms with Gasteiger partial charge in [-0.25, -0.2) is 19.7 Å². The Morgan fingerprint density at radius 2 is 2.15 bits per heavy atom. The van der Waals surface area contributed by atoms with Gasteiger partial charge in [-0.05, 0) is 28.1 Å². The lowest BCUT2D eigenvalue weighted by atomic mass is 10.2. The van der Waals surface area contributed by atoms with Gasteiger partial charge in [-0.3, -0.25) is 4.57 Å². The monoisotopic (exact) mass is 352 g/mol. The Balaban J connectivity index is 2.28. The summed E-state index contributed by atoms with van der Waals surface area (Å²) in [5, 5.41) is 9.99. The topological polar surface area (TPSA) is 80.9 Å². The average Bonchev–Trinajstić information content (AvgIpc) is 2.78. The Morgan fingerprint density at radius 1 is 1.35 bits per heavy atom. The maximum absolute atomic E-state index is 11.0. The molecule has 0 atom stereocenters. The van der Waals surface area contributed by atoms with Crippen LogP contribution in [0, 0.1) is 0 Å². The highest BCUT2D eigenvalue weighted by Crippen LogP contribution is 2.31. The smallest absolute Gasteiger partial charge is 0.335 e. The molecule has 3 aromatic rings. The zero-order valence-corrected chi connectivity index (χ0v) is 12.1. The molecule has 0 saturated heterocycles. The lowest BCUT2D eigenvalue weighted by Crippen LogP contribution is -2.02. The number of hydrogen-bond donors (Lipinski definition) is 1. The third-order valence-electron chi connectivity index (χ3n) is 2.73. The van der Waals surface area contributed by atoms with E-state index in [1.807, 2.05) is 0 Å². The Kier molecular flexibility index (Phi) is 3.15. The Labute approximate surface area is 126 Å². The molecule has 20 heavy (non-hydrogen) atoms. The van der Waals surface area contributed by atoms with E-state index in [0.717, 1.165) is 0 Å². The van der Waals surface area contributed by atoms with E-state index in [0.29, 0.717) is 26.5 Å². The molecule has 0 amide bonds. The molecule has 0 radical (unpaired) electrons. The van der Waals surface area contributed by atoms with E-state index in [4.69, 9.17) is 16.7 Å². The van der Waals surface area contributed by atoms with Crippen LogP contribution in [0.1, 0.15) is 10.4 Å². The summed E-state index contributed by atoms with van der Waals surface area (Å²) in [5.41, 5.74) is 0.694. The van der Waals surface area contributed by atoms with Crippen molar-refractivity contribution < 1.29 is 9.90 Å². The van der Waals surface area contributed by atoms with Crippen LogP contribution in [0.15, 0.2) is 35.3 Å². The minimum absolute atomic E-state index is 0.146. The van der Waals surface area contributed by atoms with E-state index >= 15 is 0 Å². The molecule has 0 saturated carbocycles. The van der Waals surface area contributed by atoms with Crippen molar-refractivity contribution in [2.75, 3.05) is 0 Å². The van der Waals surface area contributed by atoms with Crippen LogP contribution in [0.4, 0.5) is 0 Å². The van der Waals surface area contributed by atoms with Crippen molar-refractivity contribution in [1.82, 2.24) is 19.5 Å². The van der Waals surface area contributed by atoms with Crippen molar-refractivity contribution in [3.05, 3.63) is 46.0 Å². The molecule has 3 heterocycles. The molecular weight excluding hydrogens is 348 g/mol. The van der Waals surface area contributed by atoms with E-state index in [1.54, 1.807) is 10.8 Å². The lowest BCUT2D eigenvalue weighted by Gasteiger charge is -2.04. The summed E-state index contributed by atoms with van der Waals surface area (Å²) in [6.07, 6.45) is 4.50.